The summed E-state index contributed by atoms with van der Waals surface area (Å²) in [4.78, 5) is 44.4. The van der Waals surface area contributed by atoms with Gasteiger partial charge in [-0.25, -0.2) is 9.37 Å². The van der Waals surface area contributed by atoms with E-state index in [1.54, 1.807) is 24.0 Å². The van der Waals surface area contributed by atoms with Crippen LogP contribution in [0.2, 0.25) is 0 Å². The van der Waals surface area contributed by atoms with Crippen molar-refractivity contribution in [2.24, 2.45) is 0 Å². The van der Waals surface area contributed by atoms with E-state index in [0.717, 1.165) is 16.8 Å². The van der Waals surface area contributed by atoms with Crippen molar-refractivity contribution in [1.29, 1.82) is 0 Å². The number of hydrogen-bond acceptors (Lipinski definition) is 4. The molecule has 1 saturated heterocycles. The van der Waals surface area contributed by atoms with Crippen molar-refractivity contribution >= 4 is 24.0 Å². The molecule has 0 aliphatic carbocycles. The highest BCUT2D eigenvalue weighted by Crippen LogP contribution is 2.54. The molecule has 33 heavy (non-hydrogen) atoms. The molecular formula is C24H23FN4O4. The van der Waals surface area contributed by atoms with Gasteiger partial charge in [0.2, 0.25) is 5.91 Å². The van der Waals surface area contributed by atoms with Crippen LogP contribution in [0, 0.1) is 19.7 Å². The van der Waals surface area contributed by atoms with Crippen LogP contribution in [0.1, 0.15) is 45.6 Å². The number of halogens is 1. The molecule has 2 aromatic carbocycles. The predicted molar refractivity (Wildman–Crippen MR) is 118 cm³/mol. The first-order valence-electron chi connectivity index (χ1n) is 10.4. The number of anilines is 1. The highest BCUT2D eigenvalue weighted by atomic mass is 19.1. The summed E-state index contributed by atoms with van der Waals surface area (Å²) in [5.41, 5.74) is 2.46. The number of fused-ring (bicyclic) bond motifs is 2. The Morgan fingerprint density at radius 3 is 2.52 bits per heavy atom. The summed E-state index contributed by atoms with van der Waals surface area (Å²) in [6.45, 7) is 3.75. The van der Waals surface area contributed by atoms with Crippen LogP contribution in [0.5, 0.6) is 0 Å². The van der Waals surface area contributed by atoms with Gasteiger partial charge in [0, 0.05) is 17.9 Å². The number of carbonyl (C=O) groups is 3. The summed E-state index contributed by atoms with van der Waals surface area (Å²) in [5.74, 6) is -0.0748. The van der Waals surface area contributed by atoms with Gasteiger partial charge in [0.1, 0.15) is 22.8 Å². The summed E-state index contributed by atoms with van der Waals surface area (Å²) in [6, 6.07) is 13.1. The van der Waals surface area contributed by atoms with Gasteiger partial charge in [0.05, 0.1) is 6.04 Å². The number of hydrogen-bond donors (Lipinski definition) is 3. The fraction of sp³-hybridized carbons (Fsp3) is 0.250. The van der Waals surface area contributed by atoms with Gasteiger partial charge in [-0.3, -0.25) is 14.4 Å². The SMILES string of the molecule is Cc1nc(C(=O)N2CC[C@]3(C(=O)Nc4ccccc43)[C@@H]2c2ccc(F)cc2)c(C)[nH]1.O=CO. The van der Waals surface area contributed by atoms with Crippen molar-refractivity contribution in [3.63, 3.8) is 0 Å². The molecule has 1 spiro atoms. The molecule has 5 rings (SSSR count). The summed E-state index contributed by atoms with van der Waals surface area (Å²) >= 11 is 0. The summed E-state index contributed by atoms with van der Waals surface area (Å²) in [5, 5.41) is 9.87. The van der Waals surface area contributed by atoms with Crippen LogP contribution in [0.4, 0.5) is 10.1 Å². The van der Waals surface area contributed by atoms with Crippen molar-refractivity contribution in [3.8, 4) is 0 Å². The van der Waals surface area contributed by atoms with E-state index in [2.05, 4.69) is 15.3 Å². The zero-order valence-electron chi connectivity index (χ0n) is 18.1. The minimum atomic E-state index is -0.927. The van der Waals surface area contributed by atoms with E-state index in [1.165, 1.54) is 12.1 Å². The molecule has 3 N–H and O–H groups in total. The van der Waals surface area contributed by atoms with Gasteiger partial charge < -0.3 is 20.3 Å². The van der Waals surface area contributed by atoms with E-state index in [9.17, 15) is 14.0 Å². The number of carboxylic acid groups (broad SMARTS) is 1. The Morgan fingerprint density at radius 2 is 1.88 bits per heavy atom. The topological polar surface area (TPSA) is 115 Å². The normalized spacial score (nSPS) is 20.8. The molecule has 9 heteroatoms. The maximum absolute atomic E-state index is 13.7. The molecule has 0 unspecified atom stereocenters. The maximum Gasteiger partial charge on any atom is 0.290 e. The van der Waals surface area contributed by atoms with Crippen molar-refractivity contribution in [2.75, 3.05) is 11.9 Å². The van der Waals surface area contributed by atoms with Crippen molar-refractivity contribution in [1.82, 2.24) is 14.9 Å². The number of imidazole rings is 1. The van der Waals surface area contributed by atoms with E-state index >= 15 is 0 Å². The van der Waals surface area contributed by atoms with E-state index in [0.29, 0.717) is 30.2 Å². The van der Waals surface area contributed by atoms with Gasteiger partial charge in [0.25, 0.3) is 12.4 Å². The number of nitrogens with one attached hydrogen (secondary N) is 2. The smallest absolute Gasteiger partial charge is 0.290 e. The van der Waals surface area contributed by atoms with Crippen LogP contribution >= 0.6 is 0 Å². The molecule has 1 aromatic heterocycles. The van der Waals surface area contributed by atoms with Crippen LogP contribution in [0.15, 0.2) is 48.5 Å². The van der Waals surface area contributed by atoms with Crippen molar-refractivity contribution in [2.45, 2.75) is 31.7 Å². The highest BCUT2D eigenvalue weighted by Gasteiger charge is 2.59. The quantitative estimate of drug-likeness (QED) is 0.518. The average molecular weight is 450 g/mol. The Labute approximate surface area is 189 Å². The highest BCUT2D eigenvalue weighted by molar-refractivity contribution is 6.08. The maximum atomic E-state index is 13.7. The molecule has 2 aliphatic heterocycles. The van der Waals surface area contributed by atoms with E-state index in [4.69, 9.17) is 9.90 Å². The molecule has 170 valence electrons. The molecule has 0 saturated carbocycles. The van der Waals surface area contributed by atoms with Gasteiger partial charge in [-0.15, -0.1) is 0 Å². The van der Waals surface area contributed by atoms with Crippen LogP contribution in [-0.4, -0.2) is 44.8 Å². The fourth-order valence-electron chi connectivity index (χ4n) is 4.97. The van der Waals surface area contributed by atoms with Crippen LogP contribution in [-0.2, 0) is 15.0 Å². The Balaban J connectivity index is 0.000000821. The number of H-pyrrole nitrogens is 1. The number of aryl methyl sites for hydroxylation is 2. The Bertz CT molecular complexity index is 1220. The first-order valence-corrected chi connectivity index (χ1v) is 10.4. The van der Waals surface area contributed by atoms with E-state index in [1.807, 2.05) is 31.2 Å². The van der Waals surface area contributed by atoms with Crippen LogP contribution in [0.3, 0.4) is 0 Å². The standard InChI is InChI=1S/C23H21FN4O2.CH2O2/c1-13-19(26-14(2)25-13)21(29)28-12-11-23(20(28)15-7-9-16(24)10-8-15)17-5-3-4-6-18(17)27-22(23)30;2-1-3/h3-10,20H,11-12H2,1-2H3,(H,25,26)(H,27,30);1H,(H,2,3)/t20-,23+;/m0./s1. The number of carbonyl (C=O) groups excluding carboxylic acids is 2. The van der Waals surface area contributed by atoms with Gasteiger partial charge >= 0.3 is 0 Å². The minimum absolute atomic E-state index is 0.136. The fourth-order valence-corrected chi connectivity index (χ4v) is 4.97. The Kier molecular flexibility index (Phi) is 5.71. The minimum Gasteiger partial charge on any atom is -0.483 e. The average Bonchev–Trinajstić information content (AvgIpc) is 3.43. The Morgan fingerprint density at radius 1 is 1.21 bits per heavy atom. The van der Waals surface area contributed by atoms with E-state index in [-0.39, 0.29) is 24.1 Å². The number of amides is 2. The number of rotatable bonds is 2. The number of nitrogens with zero attached hydrogens (tertiary/aromatic N) is 2. The molecule has 0 radical (unpaired) electrons. The molecular weight excluding hydrogens is 427 g/mol. The lowest BCUT2D eigenvalue weighted by atomic mass is 9.72. The third-order valence-corrected chi connectivity index (χ3v) is 6.24. The van der Waals surface area contributed by atoms with Gasteiger partial charge in [-0.1, -0.05) is 30.3 Å². The molecule has 3 aromatic rings. The lowest BCUT2D eigenvalue weighted by molar-refractivity contribution is -0.123. The third kappa shape index (κ3) is 3.55. The second kappa shape index (κ2) is 8.50. The van der Waals surface area contributed by atoms with Gasteiger partial charge in [-0.2, -0.15) is 0 Å². The van der Waals surface area contributed by atoms with Gasteiger partial charge in [0.15, 0.2) is 0 Å². The molecule has 2 atom stereocenters. The van der Waals surface area contributed by atoms with Crippen molar-refractivity contribution in [3.05, 3.63) is 82.7 Å². The molecule has 2 aliphatic rings. The zero-order valence-corrected chi connectivity index (χ0v) is 18.1. The first kappa shape index (κ1) is 22.2. The molecule has 1 fully saturated rings. The number of aromatic nitrogens is 2. The van der Waals surface area contributed by atoms with Crippen LogP contribution < -0.4 is 5.32 Å². The Hall–Kier alpha value is -4.01. The zero-order chi connectivity index (χ0) is 23.8. The van der Waals surface area contributed by atoms with Crippen LogP contribution in [0.25, 0.3) is 0 Å². The third-order valence-electron chi connectivity index (χ3n) is 6.24. The summed E-state index contributed by atoms with van der Waals surface area (Å²) < 4.78 is 13.7. The number of aromatic amines is 1. The lowest BCUT2D eigenvalue weighted by Crippen LogP contribution is -2.42. The largest absolute Gasteiger partial charge is 0.483 e. The van der Waals surface area contributed by atoms with E-state index < -0.39 is 11.5 Å². The second-order valence-electron chi connectivity index (χ2n) is 8.07. The first-order chi connectivity index (χ1) is 15.8. The summed E-state index contributed by atoms with van der Waals surface area (Å²) in [6.07, 6.45) is 0.478. The molecule has 2 amide bonds. The lowest BCUT2D eigenvalue weighted by Gasteiger charge is -2.34. The predicted octanol–water partition coefficient (Wildman–Crippen LogP) is 3.34. The molecule has 3 heterocycles. The van der Waals surface area contributed by atoms with Gasteiger partial charge in [-0.05, 0) is 49.6 Å². The number of likely N-dealkylation sites (tertiary alicyclic amines) is 1. The number of benzene rings is 2. The molecule has 8 nitrogen and oxygen atoms in total. The second-order valence-corrected chi connectivity index (χ2v) is 8.07. The number of para-hydroxylation sites is 1. The van der Waals surface area contributed by atoms with Crippen molar-refractivity contribution < 1.29 is 23.9 Å². The summed E-state index contributed by atoms with van der Waals surface area (Å²) in [7, 11) is 0. The molecule has 0 bridgehead atoms. The monoisotopic (exact) mass is 450 g/mol.